The van der Waals surface area contributed by atoms with Gasteiger partial charge in [0.25, 0.3) is 0 Å². The molecule has 1 heterocycles. The largest absolute Gasteiger partial charge is 0.350 e. The van der Waals surface area contributed by atoms with E-state index in [9.17, 15) is 13.2 Å². The van der Waals surface area contributed by atoms with Gasteiger partial charge in [-0.15, -0.1) is 0 Å². The summed E-state index contributed by atoms with van der Waals surface area (Å²) >= 11 is 0. The Hall–Kier alpha value is -0.660. The van der Waals surface area contributed by atoms with Crippen LogP contribution in [0.15, 0.2) is 0 Å². The van der Waals surface area contributed by atoms with Crippen molar-refractivity contribution >= 4 is 15.9 Å². The fraction of sp³-hybridized carbons (Fsp3) is 0.944. The third-order valence-corrected chi connectivity index (χ3v) is 8.78. The molecule has 4 aliphatic carbocycles. The molecule has 142 valence electrons. The van der Waals surface area contributed by atoms with Crippen molar-refractivity contribution in [3.63, 3.8) is 0 Å². The van der Waals surface area contributed by atoms with Crippen LogP contribution in [-0.2, 0) is 14.8 Å². The summed E-state index contributed by atoms with van der Waals surface area (Å²) in [5, 5.41) is 3.41. The summed E-state index contributed by atoms with van der Waals surface area (Å²) in [6.07, 6.45) is 7.66. The van der Waals surface area contributed by atoms with Crippen molar-refractivity contribution in [2.45, 2.75) is 51.0 Å². The van der Waals surface area contributed by atoms with Crippen molar-refractivity contribution in [3.05, 3.63) is 0 Å². The SMILES string of the molecule is CCS(=O)(=O)N1CCN(CC(=O)NC23CC4CC(CC(C4)C2)C3)CC1. The lowest BCUT2D eigenvalue weighted by molar-refractivity contribution is -0.128. The third kappa shape index (κ3) is 3.60. The van der Waals surface area contributed by atoms with Crippen LogP contribution in [0.1, 0.15) is 45.4 Å². The van der Waals surface area contributed by atoms with Crippen LogP contribution in [-0.4, -0.2) is 67.5 Å². The van der Waals surface area contributed by atoms with Crippen molar-refractivity contribution in [1.82, 2.24) is 14.5 Å². The first kappa shape index (κ1) is 17.7. The lowest BCUT2D eigenvalue weighted by Crippen LogP contribution is -2.61. The predicted octanol–water partition coefficient (Wildman–Crippen LogP) is 1.04. The standard InChI is InChI=1S/C18H31N3O3S/c1-2-25(23,24)21-5-3-20(4-6-21)13-17(22)19-18-10-14-7-15(11-18)9-16(8-14)12-18/h14-16H,2-13H2,1H3,(H,19,22). The number of carbonyl (C=O) groups excluding carboxylic acids is 1. The molecule has 4 saturated carbocycles. The number of nitrogens with one attached hydrogen (secondary N) is 1. The monoisotopic (exact) mass is 369 g/mol. The average molecular weight is 370 g/mol. The number of nitrogens with zero attached hydrogens (tertiary/aromatic N) is 2. The lowest BCUT2D eigenvalue weighted by Gasteiger charge is -2.57. The van der Waals surface area contributed by atoms with E-state index in [0.29, 0.717) is 32.7 Å². The molecule has 0 spiro atoms. The molecule has 5 rings (SSSR count). The highest BCUT2D eigenvalue weighted by atomic mass is 32.2. The van der Waals surface area contributed by atoms with E-state index in [1.54, 1.807) is 11.2 Å². The molecule has 4 bridgehead atoms. The van der Waals surface area contributed by atoms with E-state index < -0.39 is 10.0 Å². The van der Waals surface area contributed by atoms with Gasteiger partial charge in [-0.3, -0.25) is 9.69 Å². The van der Waals surface area contributed by atoms with Gasteiger partial charge in [0.05, 0.1) is 12.3 Å². The zero-order valence-corrected chi connectivity index (χ0v) is 16.1. The minimum absolute atomic E-state index is 0.0687. The van der Waals surface area contributed by atoms with Crippen molar-refractivity contribution in [3.8, 4) is 0 Å². The highest BCUT2D eigenvalue weighted by Gasteiger charge is 2.51. The highest BCUT2D eigenvalue weighted by molar-refractivity contribution is 7.89. The van der Waals surface area contributed by atoms with Gasteiger partial charge in [-0.25, -0.2) is 8.42 Å². The van der Waals surface area contributed by atoms with Gasteiger partial charge in [-0.05, 0) is 63.2 Å². The van der Waals surface area contributed by atoms with Crippen LogP contribution in [0, 0.1) is 17.8 Å². The molecule has 5 aliphatic rings. The molecule has 1 saturated heterocycles. The molecular weight excluding hydrogens is 338 g/mol. The Balaban J connectivity index is 1.29. The topological polar surface area (TPSA) is 69.7 Å². The second-order valence-corrected chi connectivity index (χ2v) is 11.1. The van der Waals surface area contributed by atoms with Crippen molar-refractivity contribution in [2.24, 2.45) is 17.8 Å². The van der Waals surface area contributed by atoms with Crippen LogP contribution in [0.5, 0.6) is 0 Å². The Morgan fingerprint density at radius 3 is 2.00 bits per heavy atom. The van der Waals surface area contributed by atoms with E-state index in [1.807, 2.05) is 0 Å². The number of rotatable bonds is 5. The van der Waals surface area contributed by atoms with E-state index in [0.717, 1.165) is 17.8 Å². The molecule has 5 fully saturated rings. The van der Waals surface area contributed by atoms with Gasteiger partial charge < -0.3 is 5.32 Å². The second-order valence-electron chi connectivity index (χ2n) is 8.82. The van der Waals surface area contributed by atoms with Gasteiger partial charge in [0, 0.05) is 31.7 Å². The second kappa shape index (κ2) is 6.50. The van der Waals surface area contributed by atoms with Crippen LogP contribution >= 0.6 is 0 Å². The van der Waals surface area contributed by atoms with Crippen LogP contribution in [0.4, 0.5) is 0 Å². The van der Waals surface area contributed by atoms with Gasteiger partial charge in [0.15, 0.2) is 0 Å². The molecule has 0 aromatic carbocycles. The Labute approximate surface area is 151 Å². The van der Waals surface area contributed by atoms with Crippen molar-refractivity contribution in [1.29, 1.82) is 0 Å². The number of hydrogen-bond acceptors (Lipinski definition) is 4. The quantitative estimate of drug-likeness (QED) is 0.786. The normalized spacial score (nSPS) is 38.8. The summed E-state index contributed by atoms with van der Waals surface area (Å²) in [7, 11) is -3.10. The zero-order valence-electron chi connectivity index (χ0n) is 15.2. The predicted molar refractivity (Wildman–Crippen MR) is 96.5 cm³/mol. The number of amides is 1. The number of carbonyl (C=O) groups is 1. The summed E-state index contributed by atoms with van der Waals surface area (Å²) in [4.78, 5) is 14.7. The van der Waals surface area contributed by atoms with Crippen LogP contribution in [0.2, 0.25) is 0 Å². The summed E-state index contributed by atoms with van der Waals surface area (Å²) in [6, 6.07) is 0. The maximum absolute atomic E-state index is 12.6. The van der Waals surface area contributed by atoms with Gasteiger partial charge >= 0.3 is 0 Å². The fourth-order valence-electron chi connectivity index (χ4n) is 6.15. The van der Waals surface area contributed by atoms with E-state index in [-0.39, 0.29) is 17.2 Å². The summed E-state index contributed by atoms with van der Waals surface area (Å²) in [6.45, 7) is 4.38. The maximum atomic E-state index is 12.6. The molecule has 6 nitrogen and oxygen atoms in total. The first-order valence-electron chi connectivity index (χ1n) is 9.89. The van der Waals surface area contributed by atoms with E-state index in [2.05, 4.69) is 10.2 Å². The van der Waals surface area contributed by atoms with Gasteiger partial charge in [0.2, 0.25) is 15.9 Å². The van der Waals surface area contributed by atoms with Gasteiger partial charge in [-0.2, -0.15) is 4.31 Å². The molecule has 1 amide bonds. The fourth-order valence-corrected chi connectivity index (χ4v) is 7.24. The first-order chi connectivity index (χ1) is 11.9. The van der Waals surface area contributed by atoms with Crippen LogP contribution in [0.25, 0.3) is 0 Å². The number of hydrogen-bond donors (Lipinski definition) is 1. The smallest absolute Gasteiger partial charge is 0.234 e. The minimum atomic E-state index is -3.10. The molecule has 1 N–H and O–H groups in total. The maximum Gasteiger partial charge on any atom is 0.234 e. The molecule has 1 aliphatic heterocycles. The Bertz CT molecular complexity index is 590. The molecule has 0 unspecified atom stereocenters. The average Bonchev–Trinajstić information content (AvgIpc) is 2.53. The Kier molecular flexibility index (Phi) is 4.61. The number of piperazine rings is 1. The molecule has 25 heavy (non-hydrogen) atoms. The first-order valence-corrected chi connectivity index (χ1v) is 11.5. The molecule has 0 atom stereocenters. The van der Waals surface area contributed by atoms with Crippen molar-refractivity contribution in [2.75, 3.05) is 38.5 Å². The number of sulfonamides is 1. The van der Waals surface area contributed by atoms with Crippen LogP contribution in [0.3, 0.4) is 0 Å². The third-order valence-electron chi connectivity index (χ3n) is 6.90. The summed E-state index contributed by atoms with van der Waals surface area (Å²) < 4.78 is 25.4. The Morgan fingerprint density at radius 1 is 1.00 bits per heavy atom. The van der Waals surface area contributed by atoms with E-state index >= 15 is 0 Å². The van der Waals surface area contributed by atoms with Gasteiger partial charge in [-0.1, -0.05) is 0 Å². The zero-order chi connectivity index (χ0) is 17.7. The molecule has 0 aromatic heterocycles. The molecule has 0 radical (unpaired) electrons. The van der Waals surface area contributed by atoms with Crippen molar-refractivity contribution < 1.29 is 13.2 Å². The summed E-state index contributed by atoms with van der Waals surface area (Å²) in [5.41, 5.74) is 0.0687. The summed E-state index contributed by atoms with van der Waals surface area (Å²) in [5.74, 6) is 2.77. The molecular formula is C18H31N3O3S. The van der Waals surface area contributed by atoms with Gasteiger partial charge in [0.1, 0.15) is 0 Å². The Morgan fingerprint density at radius 2 is 1.52 bits per heavy atom. The van der Waals surface area contributed by atoms with E-state index in [1.165, 1.54) is 38.5 Å². The van der Waals surface area contributed by atoms with E-state index in [4.69, 9.17) is 0 Å². The molecule has 0 aromatic rings. The lowest BCUT2D eigenvalue weighted by atomic mass is 9.53. The minimum Gasteiger partial charge on any atom is -0.350 e. The molecule has 7 heteroatoms. The highest BCUT2D eigenvalue weighted by Crippen LogP contribution is 2.55. The van der Waals surface area contributed by atoms with Crippen LogP contribution < -0.4 is 5.32 Å².